The van der Waals surface area contributed by atoms with Gasteiger partial charge in [0, 0.05) is 25.3 Å². The first-order chi connectivity index (χ1) is 10.0. The summed E-state index contributed by atoms with van der Waals surface area (Å²) in [6, 6.07) is 3.49. The average molecular weight is 292 g/mol. The SMILES string of the molecule is COCC(O)COc1ccn2ncc(C(=O)C(C)C)c2c1. The highest BCUT2D eigenvalue weighted by Gasteiger charge is 2.16. The van der Waals surface area contributed by atoms with E-state index < -0.39 is 6.10 Å². The van der Waals surface area contributed by atoms with Crippen LogP contribution in [-0.2, 0) is 4.74 Å². The summed E-state index contributed by atoms with van der Waals surface area (Å²) in [7, 11) is 1.52. The molecule has 0 bridgehead atoms. The van der Waals surface area contributed by atoms with Gasteiger partial charge >= 0.3 is 0 Å². The van der Waals surface area contributed by atoms with Crippen LogP contribution in [0.25, 0.3) is 5.52 Å². The Labute approximate surface area is 123 Å². The van der Waals surface area contributed by atoms with Crippen molar-refractivity contribution in [1.29, 1.82) is 0 Å². The molecular formula is C15H20N2O4. The number of Topliss-reactive ketones (excluding diaryl/α,β-unsaturated/α-hetero) is 1. The fraction of sp³-hybridized carbons (Fsp3) is 0.467. The maximum absolute atomic E-state index is 12.1. The summed E-state index contributed by atoms with van der Waals surface area (Å²) in [4.78, 5) is 12.1. The van der Waals surface area contributed by atoms with Crippen molar-refractivity contribution in [2.75, 3.05) is 20.3 Å². The molecule has 0 saturated carbocycles. The number of aliphatic hydroxyl groups is 1. The van der Waals surface area contributed by atoms with Crippen molar-refractivity contribution in [2.45, 2.75) is 20.0 Å². The van der Waals surface area contributed by atoms with E-state index in [1.54, 1.807) is 29.0 Å². The lowest BCUT2D eigenvalue weighted by atomic mass is 10.0. The summed E-state index contributed by atoms with van der Waals surface area (Å²) in [5, 5.41) is 13.7. The highest BCUT2D eigenvalue weighted by Crippen LogP contribution is 2.20. The smallest absolute Gasteiger partial charge is 0.169 e. The minimum absolute atomic E-state index is 0.0431. The van der Waals surface area contributed by atoms with E-state index in [4.69, 9.17) is 9.47 Å². The molecule has 0 amide bonds. The Morgan fingerprint density at radius 1 is 1.43 bits per heavy atom. The first-order valence-corrected chi connectivity index (χ1v) is 6.84. The van der Waals surface area contributed by atoms with Crippen molar-refractivity contribution in [3.05, 3.63) is 30.1 Å². The van der Waals surface area contributed by atoms with Gasteiger partial charge < -0.3 is 14.6 Å². The number of carbonyl (C=O) groups is 1. The van der Waals surface area contributed by atoms with Crippen LogP contribution in [0.1, 0.15) is 24.2 Å². The zero-order chi connectivity index (χ0) is 15.4. The van der Waals surface area contributed by atoms with Gasteiger partial charge in [-0.3, -0.25) is 4.79 Å². The number of aliphatic hydroxyl groups excluding tert-OH is 1. The number of methoxy groups -OCH3 is 1. The van der Waals surface area contributed by atoms with Gasteiger partial charge in [0.05, 0.1) is 23.9 Å². The molecule has 1 atom stereocenters. The number of pyridine rings is 1. The summed E-state index contributed by atoms with van der Waals surface area (Å²) in [5.74, 6) is 0.531. The van der Waals surface area contributed by atoms with E-state index in [0.717, 1.165) is 0 Å². The Morgan fingerprint density at radius 3 is 2.86 bits per heavy atom. The van der Waals surface area contributed by atoms with Crippen molar-refractivity contribution < 1.29 is 19.4 Å². The Morgan fingerprint density at radius 2 is 2.19 bits per heavy atom. The van der Waals surface area contributed by atoms with E-state index in [9.17, 15) is 9.90 Å². The van der Waals surface area contributed by atoms with Crippen LogP contribution < -0.4 is 4.74 Å². The van der Waals surface area contributed by atoms with Crippen LogP contribution in [-0.4, -0.2) is 46.9 Å². The normalized spacial score (nSPS) is 12.8. The Hall–Kier alpha value is -1.92. The number of aromatic nitrogens is 2. The quantitative estimate of drug-likeness (QED) is 0.784. The highest BCUT2D eigenvalue weighted by molar-refractivity contribution is 6.03. The Kier molecular flexibility index (Phi) is 4.93. The van der Waals surface area contributed by atoms with Crippen molar-refractivity contribution in [3.63, 3.8) is 0 Å². The number of hydrogen-bond donors (Lipinski definition) is 1. The number of rotatable bonds is 7. The standard InChI is InChI=1S/C15H20N2O4/c1-10(2)15(19)13-7-16-17-5-4-12(6-14(13)17)21-9-11(18)8-20-3/h4-7,10-11,18H,8-9H2,1-3H3. The molecule has 0 saturated heterocycles. The maximum Gasteiger partial charge on any atom is 0.169 e. The van der Waals surface area contributed by atoms with Gasteiger partial charge in [-0.05, 0) is 6.07 Å². The van der Waals surface area contributed by atoms with Gasteiger partial charge in [0.25, 0.3) is 0 Å². The van der Waals surface area contributed by atoms with Crippen LogP contribution in [0, 0.1) is 5.92 Å². The first kappa shape index (κ1) is 15.5. The van der Waals surface area contributed by atoms with Gasteiger partial charge in [0.1, 0.15) is 18.5 Å². The zero-order valence-corrected chi connectivity index (χ0v) is 12.4. The van der Waals surface area contributed by atoms with Crippen LogP contribution in [0.5, 0.6) is 5.75 Å². The van der Waals surface area contributed by atoms with E-state index in [2.05, 4.69) is 5.10 Å². The van der Waals surface area contributed by atoms with Crippen molar-refractivity contribution in [3.8, 4) is 5.75 Å². The number of fused-ring (bicyclic) bond motifs is 1. The monoisotopic (exact) mass is 292 g/mol. The van der Waals surface area contributed by atoms with Crippen LogP contribution >= 0.6 is 0 Å². The average Bonchev–Trinajstić information content (AvgIpc) is 2.87. The molecule has 2 aromatic heterocycles. The third kappa shape index (κ3) is 3.59. The molecule has 2 aromatic rings. The Balaban J connectivity index is 2.20. The molecule has 0 fully saturated rings. The van der Waals surface area contributed by atoms with Crippen LogP contribution in [0.3, 0.4) is 0 Å². The summed E-state index contributed by atoms with van der Waals surface area (Å²) in [6.07, 6.45) is 2.61. The molecule has 21 heavy (non-hydrogen) atoms. The summed E-state index contributed by atoms with van der Waals surface area (Å²) in [6.45, 7) is 4.05. The molecule has 0 aromatic carbocycles. The minimum Gasteiger partial charge on any atom is -0.491 e. The van der Waals surface area contributed by atoms with Crippen molar-refractivity contribution >= 4 is 11.3 Å². The van der Waals surface area contributed by atoms with E-state index in [-0.39, 0.29) is 24.9 Å². The van der Waals surface area contributed by atoms with E-state index >= 15 is 0 Å². The van der Waals surface area contributed by atoms with E-state index in [1.165, 1.54) is 7.11 Å². The van der Waals surface area contributed by atoms with Crippen molar-refractivity contribution in [1.82, 2.24) is 9.61 Å². The number of ether oxygens (including phenoxy) is 2. The van der Waals surface area contributed by atoms with Gasteiger partial charge in [0.2, 0.25) is 0 Å². The van der Waals surface area contributed by atoms with Gasteiger partial charge in [0.15, 0.2) is 5.78 Å². The van der Waals surface area contributed by atoms with E-state index in [1.807, 2.05) is 13.8 Å². The lowest BCUT2D eigenvalue weighted by Gasteiger charge is -2.11. The number of carbonyl (C=O) groups excluding carboxylic acids is 1. The van der Waals surface area contributed by atoms with Gasteiger partial charge in [-0.1, -0.05) is 13.8 Å². The molecular weight excluding hydrogens is 272 g/mol. The summed E-state index contributed by atoms with van der Waals surface area (Å²) >= 11 is 0. The maximum atomic E-state index is 12.1. The third-order valence-electron chi connectivity index (χ3n) is 3.08. The second-order valence-corrected chi connectivity index (χ2v) is 5.19. The fourth-order valence-electron chi connectivity index (χ4n) is 1.98. The highest BCUT2D eigenvalue weighted by atomic mass is 16.5. The molecule has 2 heterocycles. The number of ketones is 1. The minimum atomic E-state index is -0.687. The fourth-order valence-corrected chi connectivity index (χ4v) is 1.98. The molecule has 1 unspecified atom stereocenters. The molecule has 6 heteroatoms. The molecule has 114 valence electrons. The molecule has 6 nitrogen and oxygen atoms in total. The van der Waals surface area contributed by atoms with Crippen molar-refractivity contribution in [2.24, 2.45) is 5.92 Å². The molecule has 0 spiro atoms. The van der Waals surface area contributed by atoms with E-state index in [0.29, 0.717) is 16.8 Å². The predicted molar refractivity (Wildman–Crippen MR) is 77.7 cm³/mol. The largest absolute Gasteiger partial charge is 0.491 e. The number of hydrogen-bond acceptors (Lipinski definition) is 5. The van der Waals surface area contributed by atoms with Gasteiger partial charge in [-0.15, -0.1) is 0 Å². The molecule has 1 N–H and O–H groups in total. The Bertz CT molecular complexity index is 621. The van der Waals surface area contributed by atoms with Gasteiger partial charge in [-0.2, -0.15) is 5.10 Å². The molecule has 0 aliphatic carbocycles. The predicted octanol–water partition coefficient (Wildman–Crippen LogP) is 1.56. The number of nitrogens with zero attached hydrogens (tertiary/aromatic N) is 2. The first-order valence-electron chi connectivity index (χ1n) is 6.84. The summed E-state index contributed by atoms with van der Waals surface area (Å²) < 4.78 is 12.0. The lowest BCUT2D eigenvalue weighted by Crippen LogP contribution is -2.22. The summed E-state index contributed by atoms with van der Waals surface area (Å²) in [5.41, 5.74) is 1.28. The lowest BCUT2D eigenvalue weighted by molar-refractivity contribution is 0.0325. The second kappa shape index (κ2) is 6.69. The topological polar surface area (TPSA) is 73.1 Å². The van der Waals surface area contributed by atoms with Crippen LogP contribution in [0.4, 0.5) is 0 Å². The molecule has 0 aliphatic rings. The van der Waals surface area contributed by atoms with Crippen LogP contribution in [0.2, 0.25) is 0 Å². The zero-order valence-electron chi connectivity index (χ0n) is 12.4. The molecule has 2 rings (SSSR count). The molecule has 0 aliphatic heterocycles. The third-order valence-corrected chi connectivity index (χ3v) is 3.08. The molecule has 0 radical (unpaired) electrons. The second-order valence-electron chi connectivity index (χ2n) is 5.19. The van der Waals surface area contributed by atoms with Crippen LogP contribution in [0.15, 0.2) is 24.5 Å². The van der Waals surface area contributed by atoms with Gasteiger partial charge in [-0.25, -0.2) is 4.52 Å².